The summed E-state index contributed by atoms with van der Waals surface area (Å²) in [5.74, 6) is -0.223. The Morgan fingerprint density at radius 3 is 2.76 bits per heavy atom. The lowest BCUT2D eigenvalue weighted by Gasteiger charge is -2.19. The van der Waals surface area contributed by atoms with Gasteiger partial charge in [0, 0.05) is 18.8 Å². The van der Waals surface area contributed by atoms with E-state index in [2.05, 4.69) is 4.90 Å². The molecule has 1 aromatic carbocycles. The molecule has 0 amide bonds. The number of carbonyl (C=O) groups excluding carboxylic acids is 1. The number of esters is 1. The molecule has 6 nitrogen and oxygen atoms in total. The Balaban J connectivity index is 2.04. The molecule has 0 aromatic heterocycles. The molecule has 116 valence electrons. The molecule has 1 aliphatic heterocycles. The lowest BCUT2D eigenvalue weighted by molar-refractivity contribution is -0.147. The molecular formula is C14H20N2O4S. The van der Waals surface area contributed by atoms with E-state index in [4.69, 9.17) is 9.88 Å². The van der Waals surface area contributed by atoms with Gasteiger partial charge in [-0.25, -0.2) is 13.6 Å². The number of primary sulfonamides is 1. The highest BCUT2D eigenvalue weighted by molar-refractivity contribution is 7.89. The molecule has 0 spiro atoms. The first kappa shape index (κ1) is 15.8. The van der Waals surface area contributed by atoms with Crippen LogP contribution in [0.2, 0.25) is 0 Å². The Morgan fingerprint density at radius 2 is 2.14 bits per heavy atom. The van der Waals surface area contributed by atoms with Crippen LogP contribution in [0.15, 0.2) is 23.1 Å². The summed E-state index contributed by atoms with van der Waals surface area (Å²) in [7, 11) is -3.67. The van der Waals surface area contributed by atoms with Gasteiger partial charge in [0.1, 0.15) is 0 Å². The van der Waals surface area contributed by atoms with Crippen molar-refractivity contribution in [2.24, 2.45) is 5.14 Å². The standard InChI is InChI=1S/C14H20N2O4S/c1-10(2)20-14(17)6-8-16-7-5-11-9-12(21(15,18)19)3-4-13(11)16/h3-4,9-10H,5-8H2,1-2H3,(H2,15,18,19). The molecule has 0 aliphatic carbocycles. The predicted molar refractivity (Wildman–Crippen MR) is 79.6 cm³/mol. The van der Waals surface area contributed by atoms with Crippen molar-refractivity contribution >= 4 is 21.7 Å². The van der Waals surface area contributed by atoms with Gasteiger partial charge < -0.3 is 9.64 Å². The minimum absolute atomic E-state index is 0.110. The summed E-state index contributed by atoms with van der Waals surface area (Å²) >= 11 is 0. The fourth-order valence-corrected chi connectivity index (χ4v) is 2.97. The lowest BCUT2D eigenvalue weighted by Crippen LogP contribution is -2.25. The van der Waals surface area contributed by atoms with E-state index in [1.807, 2.05) is 13.8 Å². The number of nitrogens with zero attached hydrogens (tertiary/aromatic N) is 1. The van der Waals surface area contributed by atoms with Crippen molar-refractivity contribution in [3.05, 3.63) is 23.8 Å². The van der Waals surface area contributed by atoms with Gasteiger partial charge in [0.25, 0.3) is 0 Å². The maximum absolute atomic E-state index is 11.6. The lowest BCUT2D eigenvalue weighted by atomic mass is 10.2. The molecule has 1 heterocycles. The van der Waals surface area contributed by atoms with E-state index in [-0.39, 0.29) is 17.0 Å². The van der Waals surface area contributed by atoms with Crippen molar-refractivity contribution in [2.45, 2.75) is 37.7 Å². The summed E-state index contributed by atoms with van der Waals surface area (Å²) in [5.41, 5.74) is 1.90. The van der Waals surface area contributed by atoms with E-state index in [0.29, 0.717) is 13.0 Å². The number of hydrogen-bond acceptors (Lipinski definition) is 5. The van der Waals surface area contributed by atoms with Gasteiger partial charge in [0.2, 0.25) is 10.0 Å². The van der Waals surface area contributed by atoms with E-state index < -0.39 is 10.0 Å². The third kappa shape index (κ3) is 3.95. The summed E-state index contributed by atoms with van der Waals surface area (Å²) in [4.78, 5) is 13.7. The highest BCUT2D eigenvalue weighted by Gasteiger charge is 2.22. The maximum atomic E-state index is 11.6. The average molecular weight is 312 g/mol. The molecule has 0 fully saturated rings. The quantitative estimate of drug-likeness (QED) is 0.820. The smallest absolute Gasteiger partial charge is 0.307 e. The van der Waals surface area contributed by atoms with Crippen LogP contribution in [0.25, 0.3) is 0 Å². The van der Waals surface area contributed by atoms with Crippen molar-refractivity contribution in [1.82, 2.24) is 0 Å². The third-order valence-corrected chi connectivity index (χ3v) is 4.24. The minimum Gasteiger partial charge on any atom is -0.463 e. The van der Waals surface area contributed by atoms with Crippen LogP contribution < -0.4 is 10.0 Å². The van der Waals surface area contributed by atoms with Gasteiger partial charge >= 0.3 is 5.97 Å². The predicted octanol–water partition coefficient (Wildman–Crippen LogP) is 1.04. The zero-order valence-corrected chi connectivity index (χ0v) is 13.0. The Bertz CT molecular complexity index is 640. The highest BCUT2D eigenvalue weighted by Crippen LogP contribution is 2.29. The van der Waals surface area contributed by atoms with E-state index in [1.165, 1.54) is 6.07 Å². The van der Waals surface area contributed by atoms with Crippen LogP contribution in [-0.4, -0.2) is 33.6 Å². The first-order valence-electron chi connectivity index (χ1n) is 6.87. The Hall–Kier alpha value is -1.60. The zero-order valence-electron chi connectivity index (χ0n) is 12.2. The van der Waals surface area contributed by atoms with Crippen LogP contribution in [0, 0.1) is 0 Å². The SMILES string of the molecule is CC(C)OC(=O)CCN1CCc2cc(S(N)(=O)=O)ccc21. The largest absolute Gasteiger partial charge is 0.463 e. The molecule has 2 rings (SSSR count). The summed E-state index contributed by atoms with van der Waals surface area (Å²) in [6.07, 6.45) is 0.952. The molecule has 0 unspecified atom stereocenters. The van der Waals surface area contributed by atoms with Crippen molar-refractivity contribution < 1.29 is 17.9 Å². The first-order chi connectivity index (χ1) is 9.77. The Morgan fingerprint density at radius 1 is 1.43 bits per heavy atom. The molecular weight excluding hydrogens is 292 g/mol. The second-order valence-electron chi connectivity index (χ2n) is 5.36. The number of benzene rings is 1. The zero-order chi connectivity index (χ0) is 15.6. The first-order valence-corrected chi connectivity index (χ1v) is 8.42. The molecule has 0 saturated heterocycles. The second-order valence-corrected chi connectivity index (χ2v) is 6.92. The summed E-state index contributed by atoms with van der Waals surface area (Å²) in [6.45, 7) is 4.96. The van der Waals surface area contributed by atoms with Crippen LogP contribution in [0.4, 0.5) is 5.69 Å². The summed E-state index contributed by atoms with van der Waals surface area (Å²) < 4.78 is 27.8. The van der Waals surface area contributed by atoms with Crippen LogP contribution in [0.1, 0.15) is 25.8 Å². The molecule has 7 heteroatoms. The van der Waals surface area contributed by atoms with Gasteiger partial charge in [-0.2, -0.15) is 0 Å². The molecule has 21 heavy (non-hydrogen) atoms. The van der Waals surface area contributed by atoms with Crippen molar-refractivity contribution in [2.75, 3.05) is 18.0 Å². The molecule has 0 saturated carbocycles. The number of hydrogen-bond donors (Lipinski definition) is 1. The number of sulfonamides is 1. The molecule has 1 aromatic rings. The molecule has 1 aliphatic rings. The second kappa shape index (κ2) is 6.03. The Labute approximate surface area is 124 Å². The minimum atomic E-state index is -3.67. The van der Waals surface area contributed by atoms with Gasteiger partial charge in [-0.15, -0.1) is 0 Å². The third-order valence-electron chi connectivity index (χ3n) is 3.32. The highest BCUT2D eigenvalue weighted by atomic mass is 32.2. The molecule has 0 bridgehead atoms. The van der Waals surface area contributed by atoms with Crippen molar-refractivity contribution in [3.63, 3.8) is 0 Å². The van der Waals surface area contributed by atoms with Gasteiger partial charge in [0.05, 0.1) is 17.4 Å². The normalized spacial score (nSPS) is 14.4. The van der Waals surface area contributed by atoms with Crippen molar-refractivity contribution in [3.8, 4) is 0 Å². The fraction of sp³-hybridized carbons (Fsp3) is 0.500. The number of carbonyl (C=O) groups is 1. The van der Waals surface area contributed by atoms with Crippen LogP contribution in [0.3, 0.4) is 0 Å². The fourth-order valence-electron chi connectivity index (χ4n) is 2.40. The van der Waals surface area contributed by atoms with Gasteiger partial charge in [-0.1, -0.05) is 0 Å². The number of rotatable bonds is 5. The number of ether oxygens (including phenoxy) is 1. The van der Waals surface area contributed by atoms with Crippen molar-refractivity contribution in [1.29, 1.82) is 0 Å². The summed E-state index contributed by atoms with van der Waals surface area (Å²) in [6, 6.07) is 4.85. The van der Waals surface area contributed by atoms with Gasteiger partial charge in [-0.3, -0.25) is 4.79 Å². The average Bonchev–Trinajstić information content (AvgIpc) is 2.76. The van der Waals surface area contributed by atoms with Crippen LogP contribution in [-0.2, 0) is 26.0 Å². The maximum Gasteiger partial charge on any atom is 0.307 e. The van der Waals surface area contributed by atoms with E-state index >= 15 is 0 Å². The molecule has 2 N–H and O–H groups in total. The Kier molecular flexibility index (Phi) is 4.53. The van der Waals surface area contributed by atoms with E-state index in [1.54, 1.807) is 12.1 Å². The summed E-state index contributed by atoms with van der Waals surface area (Å²) in [5, 5.41) is 5.13. The van der Waals surface area contributed by atoms with E-state index in [0.717, 1.165) is 24.2 Å². The number of fused-ring (bicyclic) bond motifs is 1. The molecule has 0 radical (unpaired) electrons. The molecule has 0 atom stereocenters. The van der Waals surface area contributed by atoms with Gasteiger partial charge in [0.15, 0.2) is 0 Å². The topological polar surface area (TPSA) is 89.7 Å². The van der Waals surface area contributed by atoms with Crippen LogP contribution in [0.5, 0.6) is 0 Å². The number of anilines is 1. The van der Waals surface area contributed by atoms with Gasteiger partial charge in [-0.05, 0) is 44.0 Å². The van der Waals surface area contributed by atoms with E-state index in [9.17, 15) is 13.2 Å². The van der Waals surface area contributed by atoms with Crippen LogP contribution >= 0.6 is 0 Å². The monoisotopic (exact) mass is 312 g/mol. The number of nitrogens with two attached hydrogens (primary N) is 1.